The molecule has 3 heterocycles. The summed E-state index contributed by atoms with van der Waals surface area (Å²) >= 11 is 1.49. The van der Waals surface area contributed by atoms with Crippen molar-refractivity contribution in [3.63, 3.8) is 0 Å². The number of nitrogens with one attached hydrogen (secondary N) is 1. The van der Waals surface area contributed by atoms with Crippen LogP contribution < -0.4 is 5.32 Å². The minimum absolute atomic E-state index is 0.250. The summed E-state index contributed by atoms with van der Waals surface area (Å²) in [5.41, 5.74) is 2.37. The molecular formula is C22H24FN3O3S. The fourth-order valence-electron chi connectivity index (χ4n) is 3.73. The largest absolute Gasteiger partial charge is 0.463 e. The van der Waals surface area contributed by atoms with Crippen molar-refractivity contribution in [3.8, 4) is 0 Å². The van der Waals surface area contributed by atoms with Gasteiger partial charge >= 0.3 is 5.97 Å². The Labute approximate surface area is 179 Å². The molecule has 1 atom stereocenters. The fourth-order valence-corrected chi connectivity index (χ4v) is 4.35. The van der Waals surface area contributed by atoms with Gasteiger partial charge in [-0.25, -0.2) is 14.2 Å². The van der Waals surface area contributed by atoms with Crippen LogP contribution in [0, 0.1) is 5.82 Å². The summed E-state index contributed by atoms with van der Waals surface area (Å²) in [5.74, 6) is -1.36. The molecule has 1 aromatic heterocycles. The summed E-state index contributed by atoms with van der Waals surface area (Å²) in [6.07, 6.45) is 3.60. The maximum atomic E-state index is 14.8. The Bertz CT molecular complexity index is 952. The molecule has 0 amide bonds. The molecule has 0 spiro atoms. The van der Waals surface area contributed by atoms with Crippen LogP contribution in [0.5, 0.6) is 0 Å². The van der Waals surface area contributed by atoms with Gasteiger partial charge in [-0.2, -0.15) is 0 Å². The zero-order valence-corrected chi connectivity index (χ0v) is 17.6. The highest BCUT2D eigenvalue weighted by Crippen LogP contribution is 2.37. The molecule has 2 aliphatic heterocycles. The molecule has 6 nitrogen and oxygen atoms in total. The molecule has 30 heavy (non-hydrogen) atoms. The Hall–Kier alpha value is -2.55. The second kappa shape index (κ2) is 9.51. The molecule has 8 heteroatoms. The summed E-state index contributed by atoms with van der Waals surface area (Å²) in [5, 5.41) is 6.08. The lowest BCUT2D eigenvalue weighted by Gasteiger charge is -2.32. The SMILES string of the molecule is CCOC(=O)C1=C(CN2CCOCC2)NC(c2nccs2)=CC1c1ccccc1F. The number of halogens is 1. The van der Waals surface area contributed by atoms with Gasteiger partial charge in [0.2, 0.25) is 0 Å². The average Bonchev–Trinajstić information content (AvgIpc) is 3.29. The number of rotatable bonds is 6. The van der Waals surface area contributed by atoms with E-state index in [4.69, 9.17) is 9.47 Å². The van der Waals surface area contributed by atoms with E-state index in [0.29, 0.717) is 30.9 Å². The molecule has 2 aromatic rings. The van der Waals surface area contributed by atoms with Crippen molar-refractivity contribution < 1.29 is 18.7 Å². The van der Waals surface area contributed by atoms with E-state index in [1.54, 1.807) is 31.3 Å². The van der Waals surface area contributed by atoms with Gasteiger partial charge in [0.05, 0.1) is 31.1 Å². The number of hydrogen-bond acceptors (Lipinski definition) is 7. The Kier molecular flexibility index (Phi) is 6.56. The number of carbonyl (C=O) groups excluding carboxylic acids is 1. The molecule has 1 saturated heterocycles. The Morgan fingerprint density at radius 2 is 2.17 bits per heavy atom. The molecule has 1 unspecified atom stereocenters. The van der Waals surface area contributed by atoms with Crippen LogP contribution in [0.1, 0.15) is 23.4 Å². The van der Waals surface area contributed by atoms with Gasteiger partial charge in [0.15, 0.2) is 0 Å². The van der Waals surface area contributed by atoms with Crippen LogP contribution in [0.3, 0.4) is 0 Å². The van der Waals surface area contributed by atoms with Crippen molar-refractivity contribution in [2.75, 3.05) is 39.5 Å². The Balaban J connectivity index is 1.80. The minimum Gasteiger partial charge on any atom is -0.463 e. The zero-order chi connectivity index (χ0) is 20.9. The Morgan fingerprint density at radius 1 is 1.37 bits per heavy atom. The molecule has 1 aromatic carbocycles. The highest BCUT2D eigenvalue weighted by atomic mass is 32.1. The lowest BCUT2D eigenvalue weighted by atomic mass is 9.86. The molecule has 0 radical (unpaired) electrons. The molecule has 2 aliphatic rings. The first-order valence-corrected chi connectivity index (χ1v) is 10.9. The van der Waals surface area contributed by atoms with E-state index >= 15 is 0 Å². The summed E-state index contributed by atoms with van der Waals surface area (Å²) in [7, 11) is 0. The average molecular weight is 430 g/mol. The second-order valence-corrected chi connectivity index (χ2v) is 7.94. The van der Waals surface area contributed by atoms with Crippen LogP contribution in [0.15, 0.2) is 53.2 Å². The highest BCUT2D eigenvalue weighted by molar-refractivity contribution is 7.10. The van der Waals surface area contributed by atoms with E-state index in [0.717, 1.165) is 29.5 Å². The quantitative estimate of drug-likeness (QED) is 0.712. The summed E-state index contributed by atoms with van der Waals surface area (Å²) in [6, 6.07) is 6.56. The maximum Gasteiger partial charge on any atom is 0.336 e. The van der Waals surface area contributed by atoms with E-state index < -0.39 is 11.9 Å². The van der Waals surface area contributed by atoms with Crippen molar-refractivity contribution in [1.29, 1.82) is 0 Å². The number of benzene rings is 1. The number of aromatic nitrogens is 1. The molecule has 4 rings (SSSR count). The van der Waals surface area contributed by atoms with Crippen LogP contribution in [0.4, 0.5) is 4.39 Å². The number of carbonyl (C=O) groups is 1. The number of thiazole rings is 1. The van der Waals surface area contributed by atoms with Crippen LogP contribution in [0.25, 0.3) is 5.70 Å². The van der Waals surface area contributed by atoms with Gasteiger partial charge in [0.1, 0.15) is 10.8 Å². The highest BCUT2D eigenvalue weighted by Gasteiger charge is 2.33. The predicted octanol–water partition coefficient (Wildman–Crippen LogP) is 3.16. The lowest BCUT2D eigenvalue weighted by Crippen LogP contribution is -2.41. The number of dihydropyridines is 1. The van der Waals surface area contributed by atoms with Gasteiger partial charge in [-0.05, 0) is 24.6 Å². The number of esters is 1. The molecule has 0 saturated carbocycles. The number of hydrogen-bond donors (Lipinski definition) is 1. The van der Waals surface area contributed by atoms with E-state index in [9.17, 15) is 9.18 Å². The molecule has 1 fully saturated rings. The van der Waals surface area contributed by atoms with Gasteiger partial charge in [0, 0.05) is 42.8 Å². The number of nitrogens with zero attached hydrogens (tertiary/aromatic N) is 2. The minimum atomic E-state index is -0.568. The molecule has 0 bridgehead atoms. The molecule has 158 valence electrons. The van der Waals surface area contributed by atoms with E-state index in [1.165, 1.54) is 17.4 Å². The van der Waals surface area contributed by atoms with Crippen LogP contribution >= 0.6 is 11.3 Å². The number of morpholine rings is 1. The summed E-state index contributed by atoms with van der Waals surface area (Å²) < 4.78 is 25.6. The van der Waals surface area contributed by atoms with Crippen molar-refractivity contribution in [2.45, 2.75) is 12.8 Å². The molecule has 0 aliphatic carbocycles. The van der Waals surface area contributed by atoms with Crippen molar-refractivity contribution in [3.05, 3.63) is 69.6 Å². The fraction of sp³-hybridized carbons (Fsp3) is 0.364. The number of ether oxygens (including phenoxy) is 2. The van der Waals surface area contributed by atoms with Gasteiger partial charge in [-0.1, -0.05) is 18.2 Å². The summed E-state index contributed by atoms with van der Waals surface area (Å²) in [6.45, 7) is 5.36. The van der Waals surface area contributed by atoms with Gasteiger partial charge < -0.3 is 14.8 Å². The lowest BCUT2D eigenvalue weighted by molar-refractivity contribution is -0.138. The van der Waals surface area contributed by atoms with Crippen molar-refractivity contribution in [2.24, 2.45) is 0 Å². The van der Waals surface area contributed by atoms with Crippen LogP contribution in [0.2, 0.25) is 0 Å². The first kappa shape index (κ1) is 20.7. The van der Waals surface area contributed by atoms with Crippen molar-refractivity contribution in [1.82, 2.24) is 15.2 Å². The van der Waals surface area contributed by atoms with Crippen LogP contribution in [-0.4, -0.2) is 55.3 Å². The molecular weight excluding hydrogens is 405 g/mol. The zero-order valence-electron chi connectivity index (χ0n) is 16.8. The Morgan fingerprint density at radius 3 is 2.87 bits per heavy atom. The number of allylic oxidation sites excluding steroid dienone is 1. The first-order chi connectivity index (χ1) is 14.7. The standard InChI is InChI=1S/C22H24FN3O3S/c1-2-29-22(27)20-16(15-5-3-4-6-17(15)23)13-18(21-24-7-12-30-21)25-19(20)14-26-8-10-28-11-9-26/h3-7,12-13,16,25H,2,8-11,14H2,1H3. The predicted molar refractivity (Wildman–Crippen MR) is 113 cm³/mol. The molecule has 1 N–H and O–H groups in total. The van der Waals surface area contributed by atoms with Crippen molar-refractivity contribution >= 4 is 23.0 Å². The van der Waals surface area contributed by atoms with Gasteiger partial charge in [-0.15, -0.1) is 11.3 Å². The maximum absolute atomic E-state index is 14.8. The van der Waals surface area contributed by atoms with Gasteiger partial charge in [0.25, 0.3) is 0 Å². The van der Waals surface area contributed by atoms with Crippen LogP contribution in [-0.2, 0) is 14.3 Å². The monoisotopic (exact) mass is 429 g/mol. The third-order valence-electron chi connectivity index (χ3n) is 5.14. The third kappa shape index (κ3) is 4.45. The van der Waals surface area contributed by atoms with E-state index in [-0.39, 0.29) is 12.4 Å². The van der Waals surface area contributed by atoms with Gasteiger partial charge in [-0.3, -0.25) is 4.90 Å². The normalized spacial score (nSPS) is 19.9. The van der Waals surface area contributed by atoms with E-state index in [2.05, 4.69) is 15.2 Å². The summed E-state index contributed by atoms with van der Waals surface area (Å²) in [4.78, 5) is 19.6. The third-order valence-corrected chi connectivity index (χ3v) is 5.95. The van der Waals surface area contributed by atoms with E-state index in [1.807, 2.05) is 11.5 Å². The first-order valence-electron chi connectivity index (χ1n) is 10.0. The topological polar surface area (TPSA) is 63.7 Å². The smallest absolute Gasteiger partial charge is 0.336 e. The second-order valence-electron chi connectivity index (χ2n) is 7.04.